The Kier molecular flexibility index (Phi) is 23.3. The monoisotopic (exact) mass is 1890 g/mol. The Morgan fingerprint density at radius 3 is 0.624 bits per heavy atom. The van der Waals surface area contributed by atoms with Crippen molar-refractivity contribution in [1.82, 2.24) is 0 Å². The standard InChI is InChI=1S/C42H28.C38H30.C35H24.C34H22/c1-3-13-29(14-4-1)34-26-35(30-15-5-2-6-16-30)28-36(27-34)42-39-21-11-9-19-37(39)41(38-20-10-12-22-40(38)42)33-24-23-31-17-7-8-18-32(31)25-33;1-38(2,3)27-22-23-34-35(24-27)37(31-21-11-15-26-13-5-7-17-29(26)31)33-19-9-8-18-32(33)36(34)30-20-10-14-25-12-4-6-16-28(25)30;1-23-20-21-32-33(22-23)35(29-19-9-13-25-11-3-5-15-27(25)29)31-17-7-6-16-30(31)34(32)28-18-8-12-24-10-2-4-14-26(24)28;1-3-15-25-23(11-1)13-9-21-27(25)33-29-17-5-7-19-31(29)34(32-20-8-6-18-30(32)33)28-22-10-14-24-12-2-4-16-26(24)28/h1-28H;4-24H,1-3H3;2-22H,1H3;1-22H. The van der Waals surface area contributed by atoms with Crippen LogP contribution < -0.4 is 0 Å². The normalized spacial score (nSPS) is 11.6. The summed E-state index contributed by atoms with van der Waals surface area (Å²) in [6.07, 6.45) is 0. The summed E-state index contributed by atoms with van der Waals surface area (Å²) in [6.45, 7) is 9.11. The zero-order valence-corrected chi connectivity index (χ0v) is 83.6. The molecule has 0 radical (unpaired) electrons. The summed E-state index contributed by atoms with van der Waals surface area (Å²) in [5, 5.41) is 38.5. The number of rotatable bonds is 10. The number of fused-ring (bicyclic) bond motifs is 15. The number of benzene rings is 29. The summed E-state index contributed by atoms with van der Waals surface area (Å²) in [5.74, 6) is 0. The molecule has 700 valence electrons. The molecule has 0 aliphatic heterocycles. The molecule has 0 N–H and O–H groups in total. The fourth-order valence-corrected chi connectivity index (χ4v) is 23.9. The van der Waals surface area contributed by atoms with Crippen molar-refractivity contribution in [3.63, 3.8) is 0 Å². The fourth-order valence-electron chi connectivity index (χ4n) is 23.9. The molecule has 29 aromatic rings. The molecule has 149 heavy (non-hydrogen) atoms. The third-order valence-corrected chi connectivity index (χ3v) is 30.8. The van der Waals surface area contributed by atoms with E-state index in [1.54, 1.807) is 0 Å². The van der Waals surface area contributed by atoms with Gasteiger partial charge in [-0.2, -0.15) is 0 Å². The summed E-state index contributed by atoms with van der Waals surface area (Å²) in [7, 11) is 0. The molecule has 0 aromatic heterocycles. The highest BCUT2D eigenvalue weighted by molar-refractivity contribution is 6.30. The smallest absolute Gasteiger partial charge is 0.00200 e. The van der Waals surface area contributed by atoms with E-state index >= 15 is 0 Å². The Morgan fingerprint density at radius 2 is 0.329 bits per heavy atom. The average Bonchev–Trinajstić information content (AvgIpc) is 0.728. The first-order valence-corrected chi connectivity index (χ1v) is 52.0. The Balaban J connectivity index is 0.000000101. The summed E-state index contributed by atoms with van der Waals surface area (Å²) in [6, 6.07) is 204. The molecule has 0 nitrogen and oxygen atoms in total. The second-order valence-corrected chi connectivity index (χ2v) is 40.6. The van der Waals surface area contributed by atoms with Crippen LogP contribution in [0.2, 0.25) is 0 Å². The van der Waals surface area contributed by atoms with E-state index in [0.29, 0.717) is 0 Å². The first-order valence-electron chi connectivity index (χ1n) is 52.0. The van der Waals surface area contributed by atoms with Crippen LogP contribution in [0.4, 0.5) is 0 Å². The maximum atomic E-state index is 2.45. The van der Waals surface area contributed by atoms with Crippen molar-refractivity contribution >= 4 is 162 Å². The largest absolute Gasteiger partial charge is 0.0622 e. The van der Waals surface area contributed by atoms with Gasteiger partial charge in [0.15, 0.2) is 0 Å². The van der Waals surface area contributed by atoms with Crippen molar-refractivity contribution in [2.24, 2.45) is 0 Å². The second-order valence-electron chi connectivity index (χ2n) is 40.6. The van der Waals surface area contributed by atoms with Gasteiger partial charge in [-0.15, -0.1) is 0 Å². The molecule has 0 saturated carbocycles. The molecule has 0 heteroatoms. The van der Waals surface area contributed by atoms with E-state index in [-0.39, 0.29) is 5.41 Å². The van der Waals surface area contributed by atoms with Crippen LogP contribution in [0.3, 0.4) is 0 Å². The molecule has 29 rings (SSSR count). The van der Waals surface area contributed by atoms with Gasteiger partial charge in [0.2, 0.25) is 0 Å². The highest BCUT2D eigenvalue weighted by atomic mass is 14.3. The van der Waals surface area contributed by atoms with E-state index in [1.165, 1.54) is 284 Å². The number of hydrogen-bond acceptors (Lipinski definition) is 0. The zero-order chi connectivity index (χ0) is 99.6. The Morgan fingerprint density at radius 1 is 0.114 bits per heavy atom. The van der Waals surface area contributed by atoms with Crippen LogP contribution in [0.5, 0.6) is 0 Å². The van der Waals surface area contributed by atoms with E-state index in [4.69, 9.17) is 0 Å². The third-order valence-electron chi connectivity index (χ3n) is 30.8. The molecule has 0 aliphatic carbocycles. The van der Waals surface area contributed by atoms with Gasteiger partial charge in [0.25, 0.3) is 0 Å². The van der Waals surface area contributed by atoms with Crippen LogP contribution in [0.25, 0.3) is 273 Å². The van der Waals surface area contributed by atoms with Crippen LogP contribution >= 0.6 is 0 Å². The molecule has 0 spiro atoms. The first-order chi connectivity index (χ1) is 73.5. The van der Waals surface area contributed by atoms with Crippen molar-refractivity contribution in [2.45, 2.75) is 33.1 Å². The minimum absolute atomic E-state index is 0.0511. The van der Waals surface area contributed by atoms with Gasteiger partial charge in [0.1, 0.15) is 0 Å². The highest BCUT2D eigenvalue weighted by Gasteiger charge is 2.27. The third kappa shape index (κ3) is 16.4. The molecule has 0 atom stereocenters. The Labute approximate surface area is 868 Å². The lowest BCUT2D eigenvalue weighted by atomic mass is 9.80. The predicted octanol–water partition coefficient (Wildman–Crippen LogP) is 42.3. The quantitative estimate of drug-likeness (QED) is 0.120. The molecule has 0 fully saturated rings. The van der Waals surface area contributed by atoms with Crippen LogP contribution in [0, 0.1) is 6.92 Å². The lowest BCUT2D eigenvalue weighted by molar-refractivity contribution is 0.591. The average molecular weight is 1890 g/mol. The molecule has 0 bridgehead atoms. The summed E-state index contributed by atoms with van der Waals surface area (Å²) < 4.78 is 0. The van der Waals surface area contributed by atoms with Crippen LogP contribution in [-0.2, 0) is 5.41 Å². The summed E-state index contributed by atoms with van der Waals surface area (Å²) >= 11 is 0. The fraction of sp³-hybridized carbons (Fsp3) is 0.0336. The molecule has 0 unspecified atom stereocenters. The van der Waals surface area contributed by atoms with Gasteiger partial charge in [-0.25, -0.2) is 0 Å². The van der Waals surface area contributed by atoms with Gasteiger partial charge in [-0.3, -0.25) is 0 Å². The van der Waals surface area contributed by atoms with E-state index in [1.807, 2.05) is 0 Å². The summed E-state index contributed by atoms with van der Waals surface area (Å²) in [4.78, 5) is 0. The topological polar surface area (TPSA) is 0 Å². The molecule has 29 aromatic carbocycles. The number of hydrogen-bond donors (Lipinski definition) is 0. The van der Waals surface area contributed by atoms with Gasteiger partial charge in [-0.05, 0) is 321 Å². The predicted molar refractivity (Wildman–Crippen MR) is 646 cm³/mol. The van der Waals surface area contributed by atoms with E-state index < -0.39 is 0 Å². The van der Waals surface area contributed by atoms with E-state index in [2.05, 4.69) is 586 Å². The maximum absolute atomic E-state index is 2.45. The SMILES string of the molecule is CC(C)(C)c1ccc2c(-c3cccc4ccccc34)c3ccccc3c(-c3cccc4ccccc34)c2c1.Cc1ccc2c(-c3cccc4ccccc34)c3ccccc3c(-c3cccc4ccccc34)c2c1.c1ccc(-c2cc(-c3ccccc3)cc(-c3c4ccccc4c(-c4ccc5ccccc5c4)c4ccccc34)c2)cc1.c1ccc2c(-c3c4ccccc4c(-c4cccc5ccccc45)c4ccccc34)cccc2c1. The van der Waals surface area contributed by atoms with Crippen LogP contribution in [0.1, 0.15) is 31.9 Å². The second kappa shape index (κ2) is 38.4. The molecular formula is C149H104. The van der Waals surface area contributed by atoms with Crippen molar-refractivity contribution in [1.29, 1.82) is 0 Å². The molecule has 0 amide bonds. The molecule has 0 saturated heterocycles. The summed E-state index contributed by atoms with van der Waals surface area (Å²) in [5.41, 5.74) is 28.2. The molecule has 0 heterocycles. The van der Waals surface area contributed by atoms with Crippen molar-refractivity contribution in [3.8, 4) is 111 Å². The molecule has 0 aliphatic rings. The minimum Gasteiger partial charge on any atom is -0.0622 e. The maximum Gasteiger partial charge on any atom is -0.00200 e. The van der Waals surface area contributed by atoms with Gasteiger partial charge < -0.3 is 0 Å². The zero-order valence-electron chi connectivity index (χ0n) is 83.6. The molecular weight excluding hydrogens is 1790 g/mol. The first kappa shape index (κ1) is 90.3. The number of aryl methyl sites for hydroxylation is 1. The van der Waals surface area contributed by atoms with Crippen LogP contribution in [0.15, 0.2) is 558 Å². The minimum atomic E-state index is 0.0511. The van der Waals surface area contributed by atoms with E-state index in [9.17, 15) is 0 Å². The van der Waals surface area contributed by atoms with Gasteiger partial charge >= 0.3 is 0 Å². The van der Waals surface area contributed by atoms with E-state index in [0.717, 1.165) is 0 Å². The van der Waals surface area contributed by atoms with Crippen molar-refractivity contribution in [3.05, 3.63) is 569 Å². The van der Waals surface area contributed by atoms with Gasteiger partial charge in [0, 0.05) is 0 Å². The lowest BCUT2D eigenvalue weighted by Crippen LogP contribution is -2.10. The van der Waals surface area contributed by atoms with Crippen molar-refractivity contribution < 1.29 is 0 Å². The van der Waals surface area contributed by atoms with Crippen molar-refractivity contribution in [2.75, 3.05) is 0 Å². The van der Waals surface area contributed by atoms with Gasteiger partial charge in [0.05, 0.1) is 0 Å². The highest BCUT2D eigenvalue weighted by Crippen LogP contribution is 2.54. The van der Waals surface area contributed by atoms with Crippen LogP contribution in [-0.4, -0.2) is 0 Å². The Hall–Kier alpha value is -18.7. The van der Waals surface area contributed by atoms with Gasteiger partial charge in [-0.1, -0.05) is 554 Å². The lowest BCUT2D eigenvalue weighted by Gasteiger charge is -2.23. The Bertz CT molecular complexity index is 10000.